The third-order valence-electron chi connectivity index (χ3n) is 6.33. The summed E-state index contributed by atoms with van der Waals surface area (Å²) >= 11 is 0. The van der Waals surface area contributed by atoms with Crippen LogP contribution in [-0.4, -0.2) is 32.2 Å². The average Bonchev–Trinajstić information content (AvgIpc) is 2.90. The number of nitrogens with two attached hydrogens (primary N) is 1. The molecule has 0 aliphatic carbocycles. The molecule has 1 amide bonds. The molecule has 1 aliphatic heterocycles. The fourth-order valence-electron chi connectivity index (χ4n) is 4.40. The number of carbonyl (C=O) groups excluding carboxylic acids is 1. The molecule has 10 heteroatoms. The molecule has 38 heavy (non-hydrogen) atoms. The fraction of sp³-hybridized carbons (Fsp3) is 0.321. The highest BCUT2D eigenvalue weighted by molar-refractivity contribution is 5.96. The van der Waals surface area contributed by atoms with Crippen LogP contribution in [0.5, 0.6) is 11.5 Å². The summed E-state index contributed by atoms with van der Waals surface area (Å²) in [4.78, 5) is 14.9. The van der Waals surface area contributed by atoms with Crippen LogP contribution in [0.2, 0.25) is 0 Å². The van der Waals surface area contributed by atoms with Crippen LogP contribution >= 0.6 is 0 Å². The number of hydrogen-bond acceptors (Lipinski definition) is 4. The number of nitrogens with zero attached hydrogens (tertiary/aromatic N) is 1. The lowest BCUT2D eigenvalue weighted by molar-refractivity contribution is -0.137. The quantitative estimate of drug-likeness (QED) is 0.289. The Hall–Kier alpha value is -3.66. The molecule has 0 fully saturated rings. The van der Waals surface area contributed by atoms with E-state index in [1.54, 1.807) is 24.3 Å². The largest absolute Gasteiger partial charge is 0.490 e. The molecule has 3 aromatic carbocycles. The molecule has 0 saturated carbocycles. The normalized spacial score (nSPS) is 14.1. The van der Waals surface area contributed by atoms with Crippen molar-refractivity contribution < 1.29 is 36.2 Å². The summed E-state index contributed by atoms with van der Waals surface area (Å²) in [6, 6.07) is 13.6. The number of carbonyl (C=O) groups is 1. The van der Waals surface area contributed by atoms with Crippen LogP contribution in [0.4, 0.5) is 27.6 Å². The van der Waals surface area contributed by atoms with Gasteiger partial charge < -0.3 is 20.1 Å². The Morgan fingerprint density at radius 1 is 0.974 bits per heavy atom. The summed E-state index contributed by atoms with van der Waals surface area (Å²) < 4.78 is 76.8. The van der Waals surface area contributed by atoms with E-state index in [9.17, 15) is 26.7 Å². The Morgan fingerprint density at radius 2 is 1.71 bits per heavy atom. The number of fused-ring (bicyclic) bond motifs is 1. The van der Waals surface area contributed by atoms with Crippen LogP contribution in [0.25, 0.3) is 0 Å². The van der Waals surface area contributed by atoms with Crippen molar-refractivity contribution in [2.75, 3.05) is 31.2 Å². The predicted octanol–water partition coefficient (Wildman–Crippen LogP) is 5.54. The maximum absolute atomic E-state index is 13.6. The Bertz CT molecular complexity index is 1260. The van der Waals surface area contributed by atoms with E-state index < -0.39 is 29.3 Å². The number of ether oxygens (including phenoxy) is 2. The maximum Gasteiger partial charge on any atom is 0.416 e. The molecule has 0 saturated heterocycles. The summed E-state index contributed by atoms with van der Waals surface area (Å²) in [6.07, 6.45) is -3.04. The molecule has 3 aromatic rings. The molecule has 1 heterocycles. The lowest BCUT2D eigenvalue weighted by Gasteiger charge is -2.32. The second-order valence-electron chi connectivity index (χ2n) is 8.99. The number of halogens is 5. The molecule has 0 aromatic heterocycles. The van der Waals surface area contributed by atoms with E-state index in [0.717, 1.165) is 29.8 Å². The zero-order chi connectivity index (χ0) is 27.3. The van der Waals surface area contributed by atoms with Gasteiger partial charge in [-0.25, -0.2) is 8.78 Å². The summed E-state index contributed by atoms with van der Waals surface area (Å²) in [5.74, 6) is -1.78. The van der Waals surface area contributed by atoms with Gasteiger partial charge in [0, 0.05) is 24.8 Å². The van der Waals surface area contributed by atoms with E-state index in [-0.39, 0.29) is 31.4 Å². The molecule has 0 radical (unpaired) electrons. The van der Waals surface area contributed by atoms with E-state index in [2.05, 4.69) is 0 Å². The number of anilines is 1. The first-order chi connectivity index (χ1) is 18.2. The highest BCUT2D eigenvalue weighted by Gasteiger charge is 2.33. The Balaban J connectivity index is 1.33. The van der Waals surface area contributed by atoms with Gasteiger partial charge >= 0.3 is 6.18 Å². The summed E-state index contributed by atoms with van der Waals surface area (Å²) in [7, 11) is 0. The van der Waals surface area contributed by atoms with Gasteiger partial charge in [0.25, 0.3) is 0 Å². The van der Waals surface area contributed by atoms with Gasteiger partial charge in [-0.2, -0.15) is 13.2 Å². The van der Waals surface area contributed by atoms with E-state index in [1.165, 1.54) is 17.0 Å². The van der Waals surface area contributed by atoms with Gasteiger partial charge in [-0.05, 0) is 72.9 Å². The summed E-state index contributed by atoms with van der Waals surface area (Å²) in [5.41, 5.74) is 7.05. The number of benzene rings is 3. The first-order valence-corrected chi connectivity index (χ1v) is 12.2. The number of hydrogen-bond donors (Lipinski definition) is 1. The van der Waals surface area contributed by atoms with Gasteiger partial charge in [0.15, 0.2) is 11.6 Å². The van der Waals surface area contributed by atoms with Crippen molar-refractivity contribution in [2.45, 2.75) is 25.4 Å². The van der Waals surface area contributed by atoms with Crippen molar-refractivity contribution in [3.63, 3.8) is 0 Å². The molecule has 1 unspecified atom stereocenters. The van der Waals surface area contributed by atoms with Gasteiger partial charge in [0.2, 0.25) is 5.91 Å². The van der Waals surface area contributed by atoms with Crippen molar-refractivity contribution in [3.05, 3.63) is 89.0 Å². The number of rotatable bonds is 9. The standard InChI is InChI=1S/C28H27F5N2O3/c29-22-6-10-26(24(30)16-22)38-13-12-37-23-7-3-18(4-8-23)14-20(17-34)27(36)35-11-1-2-19-15-21(28(31,32)33)5-9-25(19)35/h3-10,15-16,20H,1-2,11-14,17,34H2. The first-order valence-electron chi connectivity index (χ1n) is 12.2. The maximum atomic E-state index is 13.6. The molecule has 4 rings (SSSR count). The lowest BCUT2D eigenvalue weighted by atomic mass is 9.94. The molecule has 0 spiro atoms. The minimum Gasteiger partial charge on any atom is -0.490 e. The second-order valence-corrected chi connectivity index (χ2v) is 8.99. The van der Waals surface area contributed by atoms with Gasteiger partial charge in [0.05, 0.1) is 11.5 Å². The van der Waals surface area contributed by atoms with Gasteiger partial charge in [-0.15, -0.1) is 0 Å². The zero-order valence-electron chi connectivity index (χ0n) is 20.4. The average molecular weight is 535 g/mol. The number of amides is 1. The molecule has 0 bridgehead atoms. The second kappa shape index (κ2) is 11.8. The van der Waals surface area contributed by atoms with Gasteiger partial charge in [0.1, 0.15) is 24.8 Å². The molecule has 1 atom stereocenters. The topological polar surface area (TPSA) is 64.8 Å². The first kappa shape index (κ1) is 27.4. The minimum atomic E-state index is -4.44. The van der Waals surface area contributed by atoms with Crippen LogP contribution < -0.4 is 20.1 Å². The van der Waals surface area contributed by atoms with E-state index in [4.69, 9.17) is 15.2 Å². The molecule has 1 aliphatic rings. The third-order valence-corrected chi connectivity index (χ3v) is 6.33. The van der Waals surface area contributed by atoms with Crippen LogP contribution in [0, 0.1) is 17.6 Å². The highest BCUT2D eigenvalue weighted by Crippen LogP contribution is 2.35. The molecular formula is C28H27F5N2O3. The van der Waals surface area contributed by atoms with Crippen molar-refractivity contribution >= 4 is 11.6 Å². The zero-order valence-corrected chi connectivity index (χ0v) is 20.4. The third kappa shape index (κ3) is 6.61. The fourth-order valence-corrected chi connectivity index (χ4v) is 4.40. The summed E-state index contributed by atoms with van der Waals surface area (Å²) in [5, 5.41) is 0. The Labute approximate surface area is 217 Å². The van der Waals surface area contributed by atoms with E-state index in [0.29, 0.717) is 42.8 Å². The van der Waals surface area contributed by atoms with E-state index in [1.807, 2.05) is 0 Å². The van der Waals surface area contributed by atoms with Crippen molar-refractivity contribution in [1.82, 2.24) is 0 Å². The SMILES string of the molecule is NCC(Cc1ccc(OCCOc2ccc(F)cc2F)cc1)C(=O)N1CCCc2cc(C(F)(F)F)ccc21. The van der Waals surface area contributed by atoms with Crippen molar-refractivity contribution in [3.8, 4) is 11.5 Å². The molecular weight excluding hydrogens is 507 g/mol. The lowest BCUT2D eigenvalue weighted by Crippen LogP contribution is -2.42. The van der Waals surface area contributed by atoms with Crippen LogP contribution in [-0.2, 0) is 23.8 Å². The Morgan fingerprint density at radius 3 is 2.39 bits per heavy atom. The number of aryl methyl sites for hydroxylation is 1. The molecule has 202 valence electrons. The Kier molecular flexibility index (Phi) is 8.51. The van der Waals surface area contributed by atoms with Crippen LogP contribution in [0.3, 0.4) is 0 Å². The van der Waals surface area contributed by atoms with Gasteiger partial charge in [-0.3, -0.25) is 4.79 Å². The number of alkyl halides is 3. The van der Waals surface area contributed by atoms with Crippen LogP contribution in [0.1, 0.15) is 23.1 Å². The van der Waals surface area contributed by atoms with Crippen molar-refractivity contribution in [2.24, 2.45) is 11.7 Å². The summed E-state index contributed by atoms with van der Waals surface area (Å²) in [6.45, 7) is 0.686. The molecule has 2 N–H and O–H groups in total. The minimum absolute atomic E-state index is 0.0514. The monoisotopic (exact) mass is 534 g/mol. The predicted molar refractivity (Wildman–Crippen MR) is 132 cm³/mol. The van der Waals surface area contributed by atoms with Crippen molar-refractivity contribution in [1.29, 1.82) is 0 Å². The molecule has 5 nitrogen and oxygen atoms in total. The smallest absolute Gasteiger partial charge is 0.416 e. The van der Waals surface area contributed by atoms with Crippen LogP contribution in [0.15, 0.2) is 60.7 Å². The van der Waals surface area contributed by atoms with Gasteiger partial charge in [-0.1, -0.05) is 12.1 Å². The highest BCUT2D eigenvalue weighted by atomic mass is 19.4. The van der Waals surface area contributed by atoms with E-state index >= 15 is 0 Å².